The molecule has 110 valence electrons. The summed E-state index contributed by atoms with van der Waals surface area (Å²) >= 11 is 0. The van der Waals surface area contributed by atoms with Crippen LogP contribution in [0.25, 0.3) is 0 Å². The third kappa shape index (κ3) is 4.18. The van der Waals surface area contributed by atoms with Gasteiger partial charge in [-0.2, -0.15) is 0 Å². The van der Waals surface area contributed by atoms with Crippen LogP contribution in [0.1, 0.15) is 18.4 Å². The van der Waals surface area contributed by atoms with E-state index < -0.39 is 18.9 Å². The normalized spacial score (nSPS) is 21.9. The standard InChI is InChI=1S/C13H16BF3NO2/c15-14(16,17)12-6-11(7-12)8-18-13(19)20-9-10-4-2-1-3-5-10/h1-5,11-12H,6-9H2,(H,18,19)/q-1. The first-order chi connectivity index (χ1) is 9.45. The molecule has 0 unspecified atom stereocenters. The number of nitrogens with one attached hydrogen (secondary N) is 1. The summed E-state index contributed by atoms with van der Waals surface area (Å²) in [5, 5.41) is 2.51. The van der Waals surface area contributed by atoms with Crippen molar-refractivity contribution in [3.8, 4) is 0 Å². The van der Waals surface area contributed by atoms with E-state index in [0.29, 0.717) is 0 Å². The van der Waals surface area contributed by atoms with Crippen LogP contribution in [0.4, 0.5) is 17.7 Å². The predicted molar refractivity (Wildman–Crippen MR) is 70.2 cm³/mol. The Labute approximate surface area is 115 Å². The van der Waals surface area contributed by atoms with Crippen LogP contribution in [0.2, 0.25) is 5.82 Å². The fourth-order valence-corrected chi connectivity index (χ4v) is 2.26. The molecule has 0 heterocycles. The predicted octanol–water partition coefficient (Wildman–Crippen LogP) is 3.54. The number of carbonyl (C=O) groups excluding carboxylic acids is 1. The number of hydrogen-bond donors (Lipinski definition) is 1. The lowest BCUT2D eigenvalue weighted by Gasteiger charge is -2.41. The van der Waals surface area contributed by atoms with Crippen LogP contribution in [-0.2, 0) is 11.3 Å². The molecule has 2 rings (SSSR count). The second-order valence-corrected chi connectivity index (χ2v) is 5.17. The van der Waals surface area contributed by atoms with Gasteiger partial charge in [-0.25, -0.2) is 4.79 Å². The quantitative estimate of drug-likeness (QED) is 0.841. The highest BCUT2D eigenvalue weighted by molar-refractivity contribution is 6.60. The lowest BCUT2D eigenvalue weighted by Crippen LogP contribution is -2.40. The van der Waals surface area contributed by atoms with Crippen molar-refractivity contribution in [3.05, 3.63) is 35.9 Å². The van der Waals surface area contributed by atoms with Crippen molar-refractivity contribution in [2.75, 3.05) is 6.54 Å². The van der Waals surface area contributed by atoms with Crippen molar-refractivity contribution in [2.45, 2.75) is 25.3 Å². The smallest absolute Gasteiger partial charge is 0.449 e. The SMILES string of the molecule is O=C(NCC1CC([B-](F)(F)F)C1)OCc1ccccc1. The number of rotatable bonds is 5. The van der Waals surface area contributed by atoms with Gasteiger partial charge in [-0.05, 0) is 11.5 Å². The summed E-state index contributed by atoms with van der Waals surface area (Å²) in [4.78, 5) is 11.4. The Morgan fingerprint density at radius 1 is 1.25 bits per heavy atom. The molecule has 0 bridgehead atoms. The summed E-state index contributed by atoms with van der Waals surface area (Å²) in [5.74, 6) is -1.24. The Morgan fingerprint density at radius 3 is 2.50 bits per heavy atom. The second kappa shape index (κ2) is 6.20. The van der Waals surface area contributed by atoms with Crippen LogP contribution in [0.5, 0.6) is 0 Å². The lowest BCUT2D eigenvalue weighted by molar-refractivity contribution is 0.134. The molecule has 0 atom stereocenters. The van der Waals surface area contributed by atoms with Crippen LogP contribution in [0, 0.1) is 5.92 Å². The molecular formula is C13H16BF3NO2-. The van der Waals surface area contributed by atoms with Gasteiger partial charge in [0.05, 0.1) is 0 Å². The summed E-state index contributed by atoms with van der Waals surface area (Å²) < 4.78 is 42.0. The molecule has 1 aromatic carbocycles. The van der Waals surface area contributed by atoms with Gasteiger partial charge in [0.2, 0.25) is 0 Å². The van der Waals surface area contributed by atoms with E-state index in [1.54, 1.807) is 0 Å². The number of ether oxygens (including phenoxy) is 1. The average molecular weight is 286 g/mol. The number of halogens is 3. The first-order valence-corrected chi connectivity index (χ1v) is 6.59. The maximum atomic E-state index is 12.3. The third-order valence-electron chi connectivity index (χ3n) is 3.55. The van der Waals surface area contributed by atoms with E-state index in [1.807, 2.05) is 30.3 Å². The van der Waals surface area contributed by atoms with Crippen molar-refractivity contribution >= 4 is 13.1 Å². The van der Waals surface area contributed by atoms with Gasteiger partial charge in [0.1, 0.15) is 6.61 Å². The highest BCUT2D eigenvalue weighted by atomic mass is 19.4. The zero-order valence-electron chi connectivity index (χ0n) is 10.9. The van der Waals surface area contributed by atoms with E-state index in [4.69, 9.17) is 4.74 Å². The molecule has 0 radical (unpaired) electrons. The Morgan fingerprint density at radius 2 is 1.90 bits per heavy atom. The van der Waals surface area contributed by atoms with Gasteiger partial charge < -0.3 is 23.0 Å². The van der Waals surface area contributed by atoms with Crippen LogP contribution in [0.3, 0.4) is 0 Å². The fraction of sp³-hybridized carbons (Fsp3) is 0.462. The Hall–Kier alpha value is -1.66. The van der Waals surface area contributed by atoms with E-state index >= 15 is 0 Å². The summed E-state index contributed by atoms with van der Waals surface area (Å²) in [5.41, 5.74) is 0.867. The molecule has 0 saturated heterocycles. The maximum Gasteiger partial charge on any atom is 0.481 e. The molecule has 1 aliphatic rings. The van der Waals surface area contributed by atoms with Crippen LogP contribution >= 0.6 is 0 Å². The van der Waals surface area contributed by atoms with Crippen LogP contribution in [-0.4, -0.2) is 19.6 Å². The van der Waals surface area contributed by atoms with Gasteiger partial charge in [0.25, 0.3) is 0 Å². The van der Waals surface area contributed by atoms with Gasteiger partial charge in [0, 0.05) is 6.54 Å². The highest BCUT2D eigenvalue weighted by Crippen LogP contribution is 2.46. The molecular weight excluding hydrogens is 270 g/mol. The molecule has 1 saturated carbocycles. The zero-order valence-corrected chi connectivity index (χ0v) is 10.9. The van der Waals surface area contributed by atoms with Crippen molar-refractivity contribution in [1.29, 1.82) is 0 Å². The summed E-state index contributed by atoms with van der Waals surface area (Å²) in [6.45, 7) is -4.32. The number of amides is 1. The topological polar surface area (TPSA) is 38.3 Å². The molecule has 1 N–H and O–H groups in total. The van der Waals surface area contributed by atoms with E-state index in [2.05, 4.69) is 5.32 Å². The molecule has 0 aliphatic heterocycles. The Balaban J connectivity index is 1.60. The molecule has 1 amide bonds. The minimum Gasteiger partial charge on any atom is -0.449 e. The van der Waals surface area contributed by atoms with Crippen LogP contribution in [0.15, 0.2) is 30.3 Å². The zero-order chi connectivity index (χ0) is 14.6. The molecule has 1 fully saturated rings. The summed E-state index contributed by atoms with van der Waals surface area (Å²) in [6.07, 6.45) is -0.361. The van der Waals surface area contributed by atoms with Gasteiger partial charge in [-0.3, -0.25) is 0 Å². The molecule has 0 aromatic heterocycles. The van der Waals surface area contributed by atoms with E-state index in [-0.39, 0.29) is 31.9 Å². The number of hydrogen-bond acceptors (Lipinski definition) is 2. The second-order valence-electron chi connectivity index (χ2n) is 5.17. The van der Waals surface area contributed by atoms with E-state index in [1.165, 1.54) is 0 Å². The van der Waals surface area contributed by atoms with E-state index in [0.717, 1.165) is 5.56 Å². The van der Waals surface area contributed by atoms with Crippen LogP contribution < -0.4 is 5.32 Å². The van der Waals surface area contributed by atoms with Crippen molar-refractivity contribution in [2.24, 2.45) is 5.92 Å². The maximum absolute atomic E-state index is 12.3. The minimum absolute atomic E-state index is 0.0900. The highest BCUT2D eigenvalue weighted by Gasteiger charge is 2.43. The molecule has 0 spiro atoms. The first-order valence-electron chi connectivity index (χ1n) is 6.59. The molecule has 1 aromatic rings. The van der Waals surface area contributed by atoms with E-state index in [9.17, 15) is 17.7 Å². The number of benzene rings is 1. The monoisotopic (exact) mass is 286 g/mol. The van der Waals surface area contributed by atoms with Gasteiger partial charge in [0.15, 0.2) is 0 Å². The summed E-state index contributed by atoms with van der Waals surface area (Å²) in [6, 6.07) is 9.19. The van der Waals surface area contributed by atoms with Crippen molar-refractivity contribution in [1.82, 2.24) is 5.32 Å². The lowest BCUT2D eigenvalue weighted by atomic mass is 9.56. The molecule has 1 aliphatic carbocycles. The average Bonchev–Trinajstić information content (AvgIpc) is 2.34. The fourth-order valence-electron chi connectivity index (χ4n) is 2.26. The van der Waals surface area contributed by atoms with Gasteiger partial charge in [-0.1, -0.05) is 49.0 Å². The third-order valence-corrected chi connectivity index (χ3v) is 3.55. The largest absolute Gasteiger partial charge is 0.481 e. The van der Waals surface area contributed by atoms with Gasteiger partial charge >= 0.3 is 13.1 Å². The minimum atomic E-state index is -4.72. The molecule has 3 nitrogen and oxygen atoms in total. The Kier molecular flexibility index (Phi) is 4.57. The molecule has 20 heavy (non-hydrogen) atoms. The molecule has 7 heteroatoms. The van der Waals surface area contributed by atoms with Crippen molar-refractivity contribution < 1.29 is 22.5 Å². The number of alkyl carbamates (subject to hydrolysis) is 1. The van der Waals surface area contributed by atoms with Gasteiger partial charge in [-0.15, -0.1) is 0 Å². The van der Waals surface area contributed by atoms with Crippen molar-refractivity contribution in [3.63, 3.8) is 0 Å². The number of carbonyl (C=O) groups is 1. The first kappa shape index (κ1) is 14.7. The Bertz CT molecular complexity index is 447. The summed E-state index contributed by atoms with van der Waals surface area (Å²) in [7, 11) is 0.